The Bertz CT molecular complexity index is 1040. The van der Waals surface area contributed by atoms with E-state index in [0.29, 0.717) is 13.1 Å². The minimum Gasteiger partial charge on any atom is -0.449 e. The molecule has 1 aliphatic carbocycles. The molecule has 0 aromatic carbocycles. The summed E-state index contributed by atoms with van der Waals surface area (Å²) in [5.41, 5.74) is 5.29. The van der Waals surface area contributed by atoms with Crippen LogP contribution in [0.5, 0.6) is 5.75 Å². The first kappa shape index (κ1) is 18.7. The number of pyridine rings is 2. The van der Waals surface area contributed by atoms with Gasteiger partial charge in [-0.1, -0.05) is 0 Å². The summed E-state index contributed by atoms with van der Waals surface area (Å²) in [5, 5.41) is 8.87. The molecule has 1 unspecified atom stereocenters. The summed E-state index contributed by atoms with van der Waals surface area (Å²) in [6.07, 6.45) is 1.76. The van der Waals surface area contributed by atoms with E-state index in [1.54, 1.807) is 4.57 Å². The Kier molecular flexibility index (Phi) is 3.94. The molecule has 1 atom stereocenters. The number of anilines is 1. The average Bonchev–Trinajstić information content (AvgIpc) is 3.28. The molecule has 8 nitrogen and oxygen atoms in total. The van der Waals surface area contributed by atoms with Gasteiger partial charge in [-0.15, -0.1) is 0 Å². The summed E-state index contributed by atoms with van der Waals surface area (Å²) in [6, 6.07) is 1.08. The molecule has 4 rings (SSSR count). The van der Waals surface area contributed by atoms with E-state index in [0.717, 1.165) is 18.9 Å². The van der Waals surface area contributed by atoms with Crippen LogP contribution in [0.15, 0.2) is 17.1 Å². The van der Waals surface area contributed by atoms with Gasteiger partial charge in [-0.3, -0.25) is 4.79 Å². The van der Waals surface area contributed by atoms with Gasteiger partial charge in [0.2, 0.25) is 5.43 Å². The predicted molar refractivity (Wildman–Crippen MR) is 101 cm³/mol. The number of fused-ring (bicyclic) bond motifs is 1. The normalized spacial score (nSPS) is 20.8. The van der Waals surface area contributed by atoms with Crippen LogP contribution in [0.4, 0.5) is 15.0 Å². The fraction of sp³-hybridized carbons (Fsp3) is 0.526. The Morgan fingerprint density at radius 1 is 1.43 bits per heavy atom. The minimum absolute atomic E-state index is 0.0273. The lowest BCUT2D eigenvalue weighted by atomic mass is 10.0. The lowest BCUT2D eigenvalue weighted by Crippen LogP contribution is -2.31. The van der Waals surface area contributed by atoms with Gasteiger partial charge in [0.1, 0.15) is 5.65 Å². The number of aromatic nitrogens is 2. The summed E-state index contributed by atoms with van der Waals surface area (Å²) < 4.78 is 21.2. The Balaban J connectivity index is 1.91. The van der Waals surface area contributed by atoms with Gasteiger partial charge in [-0.2, -0.15) is 0 Å². The van der Waals surface area contributed by atoms with E-state index in [2.05, 4.69) is 9.72 Å². The zero-order chi connectivity index (χ0) is 20.4. The molecule has 3 heterocycles. The molecule has 2 aromatic heterocycles. The summed E-state index contributed by atoms with van der Waals surface area (Å²) in [6.45, 7) is 6.77. The fourth-order valence-electron chi connectivity index (χ4n) is 3.93. The van der Waals surface area contributed by atoms with E-state index >= 15 is 0 Å². The molecule has 0 bridgehead atoms. The molecule has 2 aliphatic rings. The van der Waals surface area contributed by atoms with Gasteiger partial charge in [-0.25, -0.2) is 14.2 Å². The number of nitrogens with two attached hydrogens (primary N) is 1. The van der Waals surface area contributed by atoms with Gasteiger partial charge in [0.05, 0.1) is 11.6 Å². The molecule has 1 saturated heterocycles. The van der Waals surface area contributed by atoms with Gasteiger partial charge in [-0.05, 0) is 39.7 Å². The lowest BCUT2D eigenvalue weighted by Gasteiger charge is -2.26. The maximum Gasteiger partial charge on any atom is 0.511 e. The largest absolute Gasteiger partial charge is 0.511 e. The van der Waals surface area contributed by atoms with Crippen molar-refractivity contribution in [1.29, 1.82) is 0 Å². The van der Waals surface area contributed by atoms with Crippen molar-refractivity contribution in [2.75, 3.05) is 18.0 Å². The molecule has 3 N–H and O–H groups in total. The number of hydrogen-bond donors (Lipinski definition) is 2. The summed E-state index contributed by atoms with van der Waals surface area (Å²) in [5.74, 6) is -0.859. The molecule has 9 heteroatoms. The second-order valence-corrected chi connectivity index (χ2v) is 8.75. The molecule has 1 spiro atoms. The molecule has 2 fully saturated rings. The van der Waals surface area contributed by atoms with Crippen LogP contribution in [0, 0.1) is 11.2 Å². The van der Waals surface area contributed by atoms with Crippen molar-refractivity contribution < 1.29 is 19.0 Å². The molecule has 0 radical (unpaired) electrons. The first-order valence-electron chi connectivity index (χ1n) is 9.19. The van der Waals surface area contributed by atoms with E-state index in [-0.39, 0.29) is 34.1 Å². The average molecular weight is 390 g/mol. The molecular weight excluding hydrogens is 367 g/mol. The molecule has 150 valence electrons. The molecular formula is C19H23FN4O4. The van der Waals surface area contributed by atoms with Crippen molar-refractivity contribution in [3.05, 3.63) is 28.3 Å². The van der Waals surface area contributed by atoms with Crippen molar-refractivity contribution in [1.82, 2.24) is 9.55 Å². The van der Waals surface area contributed by atoms with Gasteiger partial charge in [0, 0.05) is 30.1 Å². The first-order chi connectivity index (χ1) is 13.0. The van der Waals surface area contributed by atoms with Gasteiger partial charge in [0.25, 0.3) is 0 Å². The van der Waals surface area contributed by atoms with Crippen LogP contribution < -0.4 is 20.8 Å². The van der Waals surface area contributed by atoms with Gasteiger partial charge in [0.15, 0.2) is 17.4 Å². The van der Waals surface area contributed by atoms with Crippen molar-refractivity contribution >= 4 is 23.0 Å². The van der Waals surface area contributed by atoms with Crippen LogP contribution in [-0.2, 0) is 5.54 Å². The number of halogens is 1. The number of rotatable bonds is 2. The zero-order valence-electron chi connectivity index (χ0n) is 16.0. The molecule has 1 saturated carbocycles. The first-order valence-corrected chi connectivity index (χ1v) is 9.19. The molecule has 28 heavy (non-hydrogen) atoms. The second kappa shape index (κ2) is 5.91. The number of carbonyl (C=O) groups is 1. The number of nitrogens with zero attached hydrogens (tertiary/aromatic N) is 3. The highest BCUT2D eigenvalue weighted by Crippen LogP contribution is 2.52. The van der Waals surface area contributed by atoms with Crippen molar-refractivity contribution in [2.24, 2.45) is 11.1 Å². The number of ether oxygens (including phenoxy) is 1. The SMILES string of the molecule is CC(C)(C)n1cc(OC(=O)O)c(=O)c2cc(F)c(N3CC(N)C4(CC4)C3)nc21. The molecule has 1 aliphatic heterocycles. The minimum atomic E-state index is -1.61. The third kappa shape index (κ3) is 2.90. The highest BCUT2D eigenvalue weighted by molar-refractivity contribution is 5.80. The molecule has 0 amide bonds. The quantitative estimate of drug-likeness (QED) is 0.757. The monoisotopic (exact) mass is 390 g/mol. The van der Waals surface area contributed by atoms with E-state index in [4.69, 9.17) is 10.8 Å². The van der Waals surface area contributed by atoms with Crippen molar-refractivity contribution in [3.63, 3.8) is 0 Å². The van der Waals surface area contributed by atoms with Gasteiger partial charge < -0.3 is 25.0 Å². The number of hydrogen-bond acceptors (Lipinski definition) is 6. The maximum absolute atomic E-state index is 14.9. The van der Waals surface area contributed by atoms with Gasteiger partial charge >= 0.3 is 6.16 Å². The van der Waals surface area contributed by atoms with Crippen LogP contribution >= 0.6 is 0 Å². The Labute approximate surface area is 160 Å². The summed E-state index contributed by atoms with van der Waals surface area (Å²) in [4.78, 5) is 29.9. The van der Waals surface area contributed by atoms with Crippen LogP contribution in [-0.4, -0.2) is 39.9 Å². The standard InChI is InChI=1S/C19H23FN4O4/c1-18(2,3)24-7-12(28-17(26)27)14(25)10-6-11(20)16(22-15(10)24)23-8-13(21)19(9-23)4-5-19/h6-7,13H,4-5,8-9,21H2,1-3H3,(H,26,27). The number of carboxylic acid groups (broad SMARTS) is 1. The van der Waals surface area contributed by atoms with E-state index in [1.807, 2.05) is 25.7 Å². The van der Waals surface area contributed by atoms with Crippen molar-refractivity contribution in [3.8, 4) is 5.75 Å². The van der Waals surface area contributed by atoms with Crippen LogP contribution in [0.3, 0.4) is 0 Å². The zero-order valence-corrected chi connectivity index (χ0v) is 16.0. The third-order valence-corrected chi connectivity index (χ3v) is 5.70. The Morgan fingerprint density at radius 2 is 2.11 bits per heavy atom. The lowest BCUT2D eigenvalue weighted by molar-refractivity contribution is 0.143. The van der Waals surface area contributed by atoms with Crippen LogP contribution in [0.25, 0.3) is 11.0 Å². The Hall–Kier alpha value is -2.68. The summed E-state index contributed by atoms with van der Waals surface area (Å²) >= 11 is 0. The Morgan fingerprint density at radius 3 is 2.64 bits per heavy atom. The highest BCUT2D eigenvalue weighted by Gasteiger charge is 2.54. The fourth-order valence-corrected chi connectivity index (χ4v) is 3.93. The van der Waals surface area contributed by atoms with E-state index in [1.165, 1.54) is 6.20 Å². The predicted octanol–water partition coefficient (Wildman–Crippen LogP) is 2.27. The third-order valence-electron chi connectivity index (χ3n) is 5.70. The van der Waals surface area contributed by atoms with Crippen LogP contribution in [0.1, 0.15) is 33.6 Å². The molecule has 2 aromatic rings. The summed E-state index contributed by atoms with van der Waals surface area (Å²) in [7, 11) is 0. The van der Waals surface area contributed by atoms with Crippen molar-refractivity contribution in [2.45, 2.75) is 45.2 Å². The van der Waals surface area contributed by atoms with E-state index < -0.39 is 22.9 Å². The smallest absolute Gasteiger partial charge is 0.449 e. The topological polar surface area (TPSA) is 111 Å². The van der Waals surface area contributed by atoms with E-state index in [9.17, 15) is 14.0 Å². The van der Waals surface area contributed by atoms with Crippen LogP contribution in [0.2, 0.25) is 0 Å². The maximum atomic E-state index is 14.9. The highest BCUT2D eigenvalue weighted by atomic mass is 19.1. The second-order valence-electron chi connectivity index (χ2n) is 8.75.